The molecule has 0 aromatic heterocycles. The molecule has 29 heavy (non-hydrogen) atoms. The van der Waals surface area contributed by atoms with Gasteiger partial charge in [-0.2, -0.15) is 0 Å². The average Bonchev–Trinajstić information content (AvgIpc) is 3.35. The van der Waals surface area contributed by atoms with Crippen molar-refractivity contribution in [1.82, 2.24) is 5.32 Å². The number of nitrogens with two attached hydrogens (primary N) is 1. The fourth-order valence-corrected chi connectivity index (χ4v) is 5.27. The maximum Gasteiger partial charge on any atom is 0.354 e. The van der Waals surface area contributed by atoms with E-state index in [-0.39, 0.29) is 0 Å². The van der Waals surface area contributed by atoms with Gasteiger partial charge in [-0.1, -0.05) is 25.1 Å². The van der Waals surface area contributed by atoms with Gasteiger partial charge in [0, 0.05) is 12.2 Å². The zero-order valence-corrected chi connectivity index (χ0v) is 17.6. The second-order valence-corrected chi connectivity index (χ2v) is 9.54. The number of fused-ring (bicyclic) bond motifs is 2. The number of aryl methyl sites for hydroxylation is 2. The number of rotatable bonds is 5. The van der Waals surface area contributed by atoms with Crippen LogP contribution in [0.4, 0.5) is 10.5 Å². The van der Waals surface area contributed by atoms with Crippen LogP contribution in [0.15, 0.2) is 39.6 Å². The van der Waals surface area contributed by atoms with Crippen LogP contribution in [0, 0.1) is 0 Å². The minimum atomic E-state index is -3.30. The van der Waals surface area contributed by atoms with Gasteiger partial charge in [-0.05, 0) is 85.0 Å². The number of hydrogen-bond donors (Lipinski definition) is 3. The van der Waals surface area contributed by atoms with Crippen molar-refractivity contribution in [3.05, 3.63) is 58.1 Å². The van der Waals surface area contributed by atoms with Crippen molar-refractivity contribution in [2.24, 2.45) is 9.50 Å². The summed E-state index contributed by atoms with van der Waals surface area (Å²) in [6, 6.07) is 8.75. The average molecular weight is 413 g/mol. The Morgan fingerprint density at radius 1 is 1.07 bits per heavy atom. The fraction of sp³-hybridized carbons (Fsp3) is 0.409. The summed E-state index contributed by atoms with van der Waals surface area (Å²) in [5, 5.41) is 12.1. The van der Waals surface area contributed by atoms with Crippen molar-refractivity contribution in [2.75, 3.05) is 11.9 Å². The zero-order chi connectivity index (χ0) is 20.4. The van der Waals surface area contributed by atoms with Crippen molar-refractivity contribution in [2.45, 2.75) is 56.9 Å². The van der Waals surface area contributed by atoms with Crippen molar-refractivity contribution in [3.8, 4) is 0 Å². The standard InChI is InChI=1S/C22H28N4O2S/c1-2-24-14-15-9-11-18(12-10-15)29(23,28)26-22(27)25-21-19-7-3-5-16(19)13-17-6-4-8-20(17)21/h9-13,24H,2-8,14H2,1H3,(H3,23,25,26,27,28)/t29-/m1/s1. The number of urea groups is 1. The van der Waals surface area contributed by atoms with Crippen LogP contribution >= 0.6 is 0 Å². The molecule has 1 atom stereocenters. The first-order chi connectivity index (χ1) is 14.0. The third-order valence-corrected chi connectivity index (χ3v) is 7.15. The molecule has 4 N–H and O–H groups in total. The highest BCUT2D eigenvalue weighted by Crippen LogP contribution is 2.38. The van der Waals surface area contributed by atoms with Crippen LogP contribution in [-0.4, -0.2) is 16.8 Å². The quantitative estimate of drug-likeness (QED) is 0.698. The third-order valence-electron chi connectivity index (χ3n) is 5.76. The van der Waals surface area contributed by atoms with Crippen molar-refractivity contribution >= 4 is 21.6 Å². The first-order valence-electron chi connectivity index (χ1n) is 10.3. The van der Waals surface area contributed by atoms with Gasteiger partial charge in [0.1, 0.15) is 9.92 Å². The van der Waals surface area contributed by atoms with Crippen molar-refractivity contribution in [1.29, 1.82) is 0 Å². The number of carbonyl (C=O) groups excluding carboxylic acids is 1. The maximum absolute atomic E-state index is 12.9. The zero-order valence-electron chi connectivity index (χ0n) is 16.8. The molecule has 2 aromatic carbocycles. The SMILES string of the molecule is CCNCc1ccc([S@](N)(=O)=NC(=O)Nc2c3c(cc4c2CCC4)CCC3)cc1. The summed E-state index contributed by atoms with van der Waals surface area (Å²) < 4.78 is 16.8. The van der Waals surface area contributed by atoms with E-state index in [1.807, 2.05) is 19.1 Å². The van der Waals surface area contributed by atoms with Gasteiger partial charge in [-0.15, -0.1) is 4.36 Å². The van der Waals surface area contributed by atoms with E-state index >= 15 is 0 Å². The summed E-state index contributed by atoms with van der Waals surface area (Å²) in [5.41, 5.74) is 7.02. The first kappa shape index (κ1) is 20.1. The van der Waals surface area contributed by atoms with Gasteiger partial charge < -0.3 is 10.6 Å². The van der Waals surface area contributed by atoms with E-state index in [9.17, 15) is 9.00 Å². The lowest BCUT2D eigenvalue weighted by Crippen LogP contribution is -2.19. The highest BCUT2D eigenvalue weighted by Gasteiger charge is 2.25. The lowest BCUT2D eigenvalue weighted by atomic mass is 9.99. The maximum atomic E-state index is 12.9. The van der Waals surface area contributed by atoms with Gasteiger partial charge in [-0.25, -0.2) is 14.1 Å². The number of carbonyl (C=O) groups is 1. The minimum absolute atomic E-state index is 0.358. The van der Waals surface area contributed by atoms with Crippen LogP contribution in [0.25, 0.3) is 0 Å². The highest BCUT2D eigenvalue weighted by molar-refractivity contribution is 7.91. The molecule has 0 aliphatic heterocycles. The number of amides is 2. The summed E-state index contributed by atoms with van der Waals surface area (Å²) in [6.45, 7) is 3.64. The van der Waals surface area contributed by atoms with Crippen LogP contribution in [-0.2, 0) is 42.1 Å². The number of nitrogens with one attached hydrogen (secondary N) is 2. The van der Waals surface area contributed by atoms with E-state index in [0.717, 1.165) is 62.9 Å². The second-order valence-electron chi connectivity index (χ2n) is 7.75. The highest BCUT2D eigenvalue weighted by atomic mass is 32.2. The molecule has 2 aliphatic carbocycles. The molecule has 154 valence electrons. The smallest absolute Gasteiger partial charge is 0.313 e. The van der Waals surface area contributed by atoms with Gasteiger partial charge in [0.15, 0.2) is 0 Å². The lowest BCUT2D eigenvalue weighted by molar-refractivity contribution is 0.260. The molecular weight excluding hydrogens is 384 g/mol. The molecule has 2 aliphatic rings. The Kier molecular flexibility index (Phi) is 5.72. The Bertz CT molecular complexity index is 1020. The molecule has 0 spiro atoms. The van der Waals surface area contributed by atoms with E-state index in [4.69, 9.17) is 5.14 Å². The Hall–Kier alpha value is -2.22. The molecule has 2 aromatic rings. The summed E-state index contributed by atoms with van der Waals surface area (Å²) in [6.07, 6.45) is 6.23. The van der Waals surface area contributed by atoms with Crippen LogP contribution in [0.5, 0.6) is 0 Å². The van der Waals surface area contributed by atoms with E-state index in [1.165, 1.54) is 22.3 Å². The van der Waals surface area contributed by atoms with Crippen molar-refractivity contribution < 1.29 is 9.00 Å². The van der Waals surface area contributed by atoms with E-state index in [2.05, 4.69) is 21.1 Å². The summed E-state index contributed by atoms with van der Waals surface area (Å²) >= 11 is 0. The summed E-state index contributed by atoms with van der Waals surface area (Å²) in [7, 11) is -3.30. The van der Waals surface area contributed by atoms with E-state index < -0.39 is 15.9 Å². The molecule has 7 heteroatoms. The van der Waals surface area contributed by atoms with Crippen LogP contribution in [0.2, 0.25) is 0 Å². The topological polar surface area (TPSA) is 96.6 Å². The molecule has 0 bridgehead atoms. The molecule has 0 fully saturated rings. The van der Waals surface area contributed by atoms with E-state index in [1.54, 1.807) is 12.1 Å². The van der Waals surface area contributed by atoms with Crippen molar-refractivity contribution in [3.63, 3.8) is 0 Å². The first-order valence-corrected chi connectivity index (χ1v) is 11.9. The largest absolute Gasteiger partial charge is 0.354 e. The Morgan fingerprint density at radius 2 is 1.69 bits per heavy atom. The van der Waals surface area contributed by atoms with Crippen LogP contribution in [0.3, 0.4) is 0 Å². The van der Waals surface area contributed by atoms with Crippen LogP contribution in [0.1, 0.15) is 47.6 Å². The van der Waals surface area contributed by atoms with Gasteiger partial charge in [0.2, 0.25) is 0 Å². The second kappa shape index (κ2) is 8.26. The number of hydrogen-bond acceptors (Lipinski definition) is 3. The fourth-order valence-electron chi connectivity index (χ4n) is 4.34. The monoisotopic (exact) mass is 412 g/mol. The normalized spacial score (nSPS) is 16.8. The number of nitrogens with zero attached hydrogens (tertiary/aromatic N) is 1. The van der Waals surface area contributed by atoms with Gasteiger partial charge >= 0.3 is 6.03 Å². The number of benzene rings is 2. The molecule has 6 nitrogen and oxygen atoms in total. The van der Waals surface area contributed by atoms with E-state index in [0.29, 0.717) is 4.90 Å². The summed E-state index contributed by atoms with van der Waals surface area (Å²) in [4.78, 5) is 13.0. The van der Waals surface area contributed by atoms with Gasteiger partial charge in [0.05, 0.1) is 4.90 Å². The Morgan fingerprint density at radius 3 is 2.28 bits per heavy atom. The summed E-state index contributed by atoms with van der Waals surface area (Å²) in [5.74, 6) is 0. The minimum Gasteiger partial charge on any atom is -0.313 e. The Labute approximate surface area is 172 Å². The Balaban J connectivity index is 1.58. The molecule has 0 heterocycles. The lowest BCUT2D eigenvalue weighted by Gasteiger charge is -2.15. The predicted octanol–water partition coefficient (Wildman–Crippen LogP) is 3.71. The predicted molar refractivity (Wildman–Crippen MR) is 116 cm³/mol. The molecule has 2 amide bonds. The molecule has 0 unspecified atom stereocenters. The molecular formula is C22H28N4O2S. The van der Waals surface area contributed by atoms with Crippen LogP contribution < -0.4 is 15.8 Å². The van der Waals surface area contributed by atoms with Gasteiger partial charge in [-0.3, -0.25) is 0 Å². The molecule has 0 saturated heterocycles. The van der Waals surface area contributed by atoms with Gasteiger partial charge in [0.25, 0.3) is 0 Å². The molecule has 4 rings (SSSR count). The molecule has 0 radical (unpaired) electrons. The third kappa shape index (κ3) is 4.22. The number of anilines is 1. The molecule has 0 saturated carbocycles.